The van der Waals surface area contributed by atoms with Crippen LogP contribution in [0, 0.1) is 30.1 Å². The Morgan fingerprint density at radius 1 is 1.11 bits per heavy atom. The molecule has 0 saturated heterocycles. The number of hydrogen-bond donors (Lipinski definition) is 0. The van der Waals surface area contributed by atoms with Gasteiger partial charge >= 0.3 is 0 Å². The van der Waals surface area contributed by atoms with Gasteiger partial charge in [0.1, 0.15) is 11.5 Å². The van der Waals surface area contributed by atoms with Crippen LogP contribution in [0.3, 0.4) is 0 Å². The van der Waals surface area contributed by atoms with Crippen molar-refractivity contribution in [3.8, 4) is 5.75 Å². The minimum atomic E-state index is -0.0564. The van der Waals surface area contributed by atoms with Crippen LogP contribution in [0.25, 0.3) is 0 Å². The molecule has 6 rings (SSSR count). The Balaban J connectivity index is 1.15. The summed E-state index contributed by atoms with van der Waals surface area (Å²) in [6, 6.07) is 7.85. The van der Waals surface area contributed by atoms with Gasteiger partial charge in [-0.25, -0.2) is 0 Å². The summed E-state index contributed by atoms with van der Waals surface area (Å²) in [6.45, 7) is 2.27. The lowest BCUT2D eigenvalue weighted by molar-refractivity contribution is -0.141. The van der Waals surface area contributed by atoms with Crippen LogP contribution in [-0.4, -0.2) is 21.7 Å². The molecule has 4 aliphatic carbocycles. The van der Waals surface area contributed by atoms with E-state index in [2.05, 4.69) is 10.2 Å². The summed E-state index contributed by atoms with van der Waals surface area (Å²) in [5, 5.41) is 8.58. The molecule has 4 bridgehead atoms. The van der Waals surface area contributed by atoms with Crippen molar-refractivity contribution in [2.75, 3.05) is 5.75 Å². The van der Waals surface area contributed by atoms with E-state index in [0.29, 0.717) is 22.6 Å². The number of rotatable bonds is 7. The molecule has 1 aromatic heterocycles. The van der Waals surface area contributed by atoms with E-state index in [1.54, 1.807) is 0 Å². The van der Waals surface area contributed by atoms with Gasteiger partial charge in [0.05, 0.1) is 5.75 Å². The van der Waals surface area contributed by atoms with Crippen LogP contribution in [0.15, 0.2) is 33.9 Å². The van der Waals surface area contributed by atoms with Crippen LogP contribution >= 0.6 is 11.8 Å². The van der Waals surface area contributed by atoms with E-state index < -0.39 is 0 Å². The molecule has 28 heavy (non-hydrogen) atoms. The third-order valence-corrected chi connectivity index (χ3v) is 7.61. The highest BCUT2D eigenvalue weighted by Gasteiger charge is 2.54. The summed E-state index contributed by atoms with van der Waals surface area (Å²) in [6.07, 6.45) is 7.39. The minimum absolute atomic E-state index is 0.0564. The average Bonchev–Trinajstić information content (AvgIpc) is 3.12. The topological polar surface area (TPSA) is 65.2 Å². The molecule has 0 amide bonds. The predicted octanol–water partition coefficient (Wildman–Crippen LogP) is 4.83. The van der Waals surface area contributed by atoms with E-state index in [9.17, 15) is 4.79 Å². The zero-order valence-corrected chi connectivity index (χ0v) is 17.0. The number of ketones is 1. The zero-order valence-electron chi connectivity index (χ0n) is 16.2. The molecule has 0 atom stereocenters. The van der Waals surface area contributed by atoms with Gasteiger partial charge in [-0.05, 0) is 75.3 Å². The van der Waals surface area contributed by atoms with E-state index in [0.717, 1.165) is 42.8 Å². The van der Waals surface area contributed by atoms with Crippen molar-refractivity contribution in [2.45, 2.75) is 57.3 Å². The first-order valence-corrected chi connectivity index (χ1v) is 11.2. The first-order valence-electron chi connectivity index (χ1n) is 10.3. The molecule has 0 spiro atoms. The summed E-state index contributed by atoms with van der Waals surface area (Å²) in [7, 11) is 0. The molecule has 1 heterocycles. The molecule has 1 aromatic carbocycles. The minimum Gasteiger partial charge on any atom is -0.484 e. The molecule has 4 aliphatic rings. The van der Waals surface area contributed by atoms with Crippen molar-refractivity contribution < 1.29 is 13.9 Å². The molecule has 148 valence electrons. The average molecular weight is 399 g/mol. The number of nitrogens with zero attached hydrogens (tertiary/aromatic N) is 2. The van der Waals surface area contributed by atoms with Gasteiger partial charge in [-0.1, -0.05) is 29.5 Å². The lowest BCUT2D eigenvalue weighted by atomic mass is 9.48. The van der Waals surface area contributed by atoms with Gasteiger partial charge in [0.2, 0.25) is 0 Å². The first-order chi connectivity index (χ1) is 13.6. The van der Waals surface area contributed by atoms with Crippen LogP contribution < -0.4 is 4.74 Å². The maximum absolute atomic E-state index is 13.1. The summed E-state index contributed by atoms with van der Waals surface area (Å²) in [5.74, 6) is 4.40. The summed E-state index contributed by atoms with van der Waals surface area (Å²) in [5.41, 5.74) is 1.13. The molecule has 4 saturated carbocycles. The van der Waals surface area contributed by atoms with Crippen LogP contribution in [0.5, 0.6) is 5.75 Å². The number of thioether (sulfide) groups is 1. The number of carbonyl (C=O) groups excluding carboxylic acids is 1. The lowest BCUT2D eigenvalue weighted by Crippen LogP contribution is -2.50. The SMILES string of the molecule is Cc1ccc(OCc2nnc(SCC(=O)C34CC5CC(CC(C5)C3)C4)o2)cc1. The molecular weight excluding hydrogens is 372 g/mol. The lowest BCUT2D eigenvalue weighted by Gasteiger charge is -2.55. The Bertz CT molecular complexity index is 826. The third kappa shape index (κ3) is 3.59. The second-order valence-corrected chi connectivity index (χ2v) is 9.90. The van der Waals surface area contributed by atoms with Gasteiger partial charge in [-0.2, -0.15) is 0 Å². The quantitative estimate of drug-likeness (QED) is 0.622. The smallest absolute Gasteiger partial charge is 0.277 e. The Hall–Kier alpha value is -1.82. The molecule has 0 N–H and O–H groups in total. The number of ether oxygens (including phenoxy) is 1. The Labute approximate surface area is 169 Å². The van der Waals surface area contributed by atoms with Crippen LogP contribution in [-0.2, 0) is 11.4 Å². The molecule has 2 aromatic rings. The van der Waals surface area contributed by atoms with Crippen molar-refractivity contribution in [2.24, 2.45) is 23.2 Å². The standard InChI is InChI=1S/C22H26N2O3S/c1-14-2-4-18(5-3-14)26-12-20-23-24-21(27-20)28-13-19(25)22-9-15-6-16(10-22)8-17(7-15)11-22/h2-5,15-17H,6-13H2,1H3. The highest BCUT2D eigenvalue weighted by atomic mass is 32.2. The van der Waals surface area contributed by atoms with Crippen LogP contribution in [0.2, 0.25) is 0 Å². The number of benzene rings is 1. The molecule has 0 unspecified atom stereocenters. The van der Waals surface area contributed by atoms with Gasteiger partial charge in [0, 0.05) is 5.41 Å². The van der Waals surface area contributed by atoms with E-state index >= 15 is 0 Å². The fraction of sp³-hybridized carbons (Fsp3) is 0.591. The van der Waals surface area contributed by atoms with Gasteiger partial charge in [0.25, 0.3) is 11.1 Å². The van der Waals surface area contributed by atoms with Crippen LogP contribution in [0.1, 0.15) is 50.0 Å². The highest BCUT2D eigenvalue weighted by molar-refractivity contribution is 7.99. The van der Waals surface area contributed by atoms with Crippen molar-refractivity contribution in [1.29, 1.82) is 0 Å². The second-order valence-electron chi connectivity index (χ2n) is 8.97. The zero-order chi connectivity index (χ0) is 19.1. The summed E-state index contributed by atoms with van der Waals surface area (Å²) < 4.78 is 11.3. The van der Waals surface area contributed by atoms with Crippen molar-refractivity contribution in [3.05, 3.63) is 35.7 Å². The monoisotopic (exact) mass is 398 g/mol. The summed E-state index contributed by atoms with van der Waals surface area (Å²) >= 11 is 1.38. The fourth-order valence-corrected chi connectivity index (χ4v) is 6.68. The maximum Gasteiger partial charge on any atom is 0.277 e. The van der Waals surface area contributed by atoms with E-state index in [1.807, 2.05) is 31.2 Å². The van der Waals surface area contributed by atoms with E-state index in [4.69, 9.17) is 9.15 Å². The largest absolute Gasteiger partial charge is 0.484 e. The molecule has 6 heteroatoms. The van der Waals surface area contributed by atoms with E-state index in [1.165, 1.54) is 36.6 Å². The first kappa shape index (κ1) is 18.2. The maximum atomic E-state index is 13.1. The van der Waals surface area contributed by atoms with Gasteiger partial charge in [-0.3, -0.25) is 4.79 Å². The van der Waals surface area contributed by atoms with Gasteiger partial charge in [0.15, 0.2) is 6.61 Å². The normalized spacial score (nSPS) is 30.5. The number of Topliss-reactive ketones (excluding diaryl/α,β-unsaturated/α-hetero) is 1. The number of hydrogen-bond acceptors (Lipinski definition) is 6. The summed E-state index contributed by atoms with van der Waals surface area (Å²) in [4.78, 5) is 13.1. The van der Waals surface area contributed by atoms with Crippen molar-refractivity contribution in [1.82, 2.24) is 10.2 Å². The highest BCUT2D eigenvalue weighted by Crippen LogP contribution is 2.60. The Morgan fingerprint density at radius 3 is 2.39 bits per heavy atom. The van der Waals surface area contributed by atoms with Crippen molar-refractivity contribution in [3.63, 3.8) is 0 Å². The molecular formula is C22H26N2O3S. The molecule has 4 fully saturated rings. The predicted molar refractivity (Wildman–Crippen MR) is 106 cm³/mol. The van der Waals surface area contributed by atoms with Crippen LogP contribution in [0.4, 0.5) is 0 Å². The molecule has 0 radical (unpaired) electrons. The third-order valence-electron chi connectivity index (χ3n) is 6.79. The Morgan fingerprint density at radius 2 is 1.75 bits per heavy atom. The van der Waals surface area contributed by atoms with Crippen molar-refractivity contribution >= 4 is 17.5 Å². The number of aryl methyl sites for hydroxylation is 1. The Kier molecular flexibility index (Phi) is 4.69. The second kappa shape index (κ2) is 7.21. The van der Waals surface area contributed by atoms with Gasteiger partial charge in [-0.15, -0.1) is 10.2 Å². The number of aromatic nitrogens is 2. The fourth-order valence-electron chi connectivity index (χ4n) is 5.87. The van der Waals surface area contributed by atoms with E-state index in [-0.39, 0.29) is 12.0 Å². The molecule has 5 nitrogen and oxygen atoms in total. The number of carbonyl (C=O) groups is 1. The van der Waals surface area contributed by atoms with Gasteiger partial charge < -0.3 is 9.15 Å². The molecule has 0 aliphatic heterocycles.